The Morgan fingerprint density at radius 3 is 1.16 bits per heavy atom. The van der Waals surface area contributed by atoms with Gasteiger partial charge in [-0.1, -0.05) is 182 Å². The van der Waals surface area contributed by atoms with Crippen LogP contribution in [-0.2, 0) is 0 Å². The number of fused-ring (bicyclic) bond motifs is 5. The van der Waals surface area contributed by atoms with Gasteiger partial charge in [-0.3, -0.25) is 4.98 Å². The van der Waals surface area contributed by atoms with Gasteiger partial charge < -0.3 is 0 Å². The SMILES string of the molecule is c1ccc(-c2ccc3c(-c4ccc(-c5c6ccccc6c(-c6cnc7ccccc7n6)c6ccccc56)cc4)c4ccccc4c(-c4ccccc4)c3c2)cc1. The van der Waals surface area contributed by atoms with Crippen LogP contribution >= 0.6 is 0 Å². The molecule has 56 heavy (non-hydrogen) atoms. The second-order valence-electron chi connectivity index (χ2n) is 14.5. The summed E-state index contributed by atoms with van der Waals surface area (Å²) < 4.78 is 0. The van der Waals surface area contributed by atoms with Gasteiger partial charge >= 0.3 is 0 Å². The predicted molar refractivity (Wildman–Crippen MR) is 237 cm³/mol. The number of aromatic nitrogens is 2. The van der Waals surface area contributed by atoms with Crippen LogP contribution in [-0.4, -0.2) is 9.97 Å². The normalized spacial score (nSPS) is 11.6. The molecule has 10 aromatic carbocycles. The molecule has 0 aliphatic carbocycles. The molecule has 11 rings (SSSR count). The fraction of sp³-hybridized carbons (Fsp3) is 0. The average molecular weight is 711 g/mol. The summed E-state index contributed by atoms with van der Waals surface area (Å²) in [5.41, 5.74) is 13.5. The van der Waals surface area contributed by atoms with E-state index in [2.05, 4.69) is 176 Å². The number of nitrogens with zero attached hydrogens (tertiary/aromatic N) is 2. The van der Waals surface area contributed by atoms with Crippen molar-refractivity contribution in [3.63, 3.8) is 0 Å². The minimum Gasteiger partial charge on any atom is -0.252 e. The maximum absolute atomic E-state index is 5.13. The highest BCUT2D eigenvalue weighted by molar-refractivity contribution is 6.23. The molecular weight excluding hydrogens is 677 g/mol. The maximum Gasteiger partial charge on any atom is 0.0905 e. The Bertz CT molecular complexity index is 3220. The van der Waals surface area contributed by atoms with Gasteiger partial charge in [0.25, 0.3) is 0 Å². The van der Waals surface area contributed by atoms with Crippen molar-refractivity contribution in [2.45, 2.75) is 0 Å². The molecule has 2 heteroatoms. The van der Waals surface area contributed by atoms with Crippen LogP contribution in [0, 0.1) is 0 Å². The maximum atomic E-state index is 5.13. The van der Waals surface area contributed by atoms with Crippen molar-refractivity contribution in [2.75, 3.05) is 0 Å². The molecule has 260 valence electrons. The standard InChI is InChI=1S/C54H34N2/c1-3-15-35(16-4-1)39-31-32-46-47(33-39)53(36-17-5-2-6-18-36)41-20-8-7-19-40(41)52(46)38-29-27-37(28-30-38)51-42-21-9-11-23-44(42)54(45-24-12-10-22-43(45)51)50-34-55-48-25-13-14-26-49(48)56-50/h1-34H. The molecule has 2 nitrogen and oxygen atoms in total. The van der Waals surface area contributed by atoms with Crippen LogP contribution in [0.4, 0.5) is 0 Å². The van der Waals surface area contributed by atoms with Gasteiger partial charge in [-0.2, -0.15) is 0 Å². The Labute approximate surface area is 325 Å². The van der Waals surface area contributed by atoms with Crippen molar-refractivity contribution >= 4 is 54.1 Å². The summed E-state index contributed by atoms with van der Waals surface area (Å²) in [6, 6.07) is 72.2. The number of hydrogen-bond acceptors (Lipinski definition) is 2. The first-order valence-corrected chi connectivity index (χ1v) is 19.2. The highest BCUT2D eigenvalue weighted by Crippen LogP contribution is 2.47. The van der Waals surface area contributed by atoms with Crippen molar-refractivity contribution in [1.29, 1.82) is 0 Å². The highest BCUT2D eigenvalue weighted by Gasteiger charge is 2.20. The Hall–Kier alpha value is -7.42. The smallest absolute Gasteiger partial charge is 0.0905 e. The lowest BCUT2D eigenvalue weighted by Gasteiger charge is -2.19. The Morgan fingerprint density at radius 1 is 0.250 bits per heavy atom. The van der Waals surface area contributed by atoms with E-state index in [9.17, 15) is 0 Å². The van der Waals surface area contributed by atoms with Gasteiger partial charge in [-0.15, -0.1) is 0 Å². The molecule has 0 amide bonds. The van der Waals surface area contributed by atoms with Gasteiger partial charge in [0.15, 0.2) is 0 Å². The lowest BCUT2D eigenvalue weighted by atomic mass is 9.84. The van der Waals surface area contributed by atoms with Crippen molar-refractivity contribution in [1.82, 2.24) is 9.97 Å². The number of hydrogen-bond donors (Lipinski definition) is 0. The summed E-state index contributed by atoms with van der Waals surface area (Å²) in [7, 11) is 0. The second kappa shape index (κ2) is 13.2. The lowest BCUT2D eigenvalue weighted by molar-refractivity contribution is 1.30. The first-order chi connectivity index (χ1) is 27.8. The molecule has 0 saturated heterocycles. The Balaban J connectivity index is 1.13. The summed E-state index contributed by atoms with van der Waals surface area (Å²) in [4.78, 5) is 9.94. The van der Waals surface area contributed by atoms with Crippen LogP contribution in [0.2, 0.25) is 0 Å². The highest BCUT2D eigenvalue weighted by atomic mass is 14.8. The van der Waals surface area contributed by atoms with Gasteiger partial charge in [0, 0.05) is 5.56 Å². The third-order valence-electron chi connectivity index (χ3n) is 11.3. The van der Waals surface area contributed by atoms with E-state index in [1.54, 1.807) is 0 Å². The van der Waals surface area contributed by atoms with E-state index < -0.39 is 0 Å². The molecule has 0 bridgehead atoms. The van der Waals surface area contributed by atoms with Crippen LogP contribution < -0.4 is 0 Å². The molecule has 0 radical (unpaired) electrons. The fourth-order valence-electron chi connectivity index (χ4n) is 8.81. The third-order valence-corrected chi connectivity index (χ3v) is 11.3. The monoisotopic (exact) mass is 710 g/mol. The zero-order valence-corrected chi connectivity index (χ0v) is 30.5. The van der Waals surface area contributed by atoms with E-state index in [0.717, 1.165) is 33.1 Å². The summed E-state index contributed by atoms with van der Waals surface area (Å²) in [6.45, 7) is 0. The van der Waals surface area contributed by atoms with E-state index in [0.29, 0.717) is 0 Å². The van der Waals surface area contributed by atoms with Crippen molar-refractivity contribution < 1.29 is 0 Å². The van der Waals surface area contributed by atoms with Gasteiger partial charge in [0.05, 0.1) is 22.9 Å². The first kappa shape index (κ1) is 32.0. The van der Waals surface area contributed by atoms with Gasteiger partial charge in [-0.25, -0.2) is 4.98 Å². The fourth-order valence-corrected chi connectivity index (χ4v) is 8.81. The van der Waals surface area contributed by atoms with Crippen LogP contribution in [0.15, 0.2) is 206 Å². The van der Waals surface area contributed by atoms with Crippen molar-refractivity contribution in [2.24, 2.45) is 0 Å². The molecular formula is C54H34N2. The minimum atomic E-state index is 0.881. The number of para-hydroxylation sites is 2. The van der Waals surface area contributed by atoms with Crippen LogP contribution in [0.3, 0.4) is 0 Å². The quantitative estimate of drug-likeness (QED) is 0.166. The van der Waals surface area contributed by atoms with Crippen molar-refractivity contribution in [3.05, 3.63) is 206 Å². The van der Waals surface area contributed by atoms with E-state index in [1.807, 2.05) is 30.5 Å². The lowest BCUT2D eigenvalue weighted by Crippen LogP contribution is -1.94. The second-order valence-corrected chi connectivity index (χ2v) is 14.5. The third kappa shape index (κ3) is 5.19. The van der Waals surface area contributed by atoms with E-state index in [-0.39, 0.29) is 0 Å². The van der Waals surface area contributed by atoms with Crippen LogP contribution in [0.25, 0.3) is 110 Å². The van der Waals surface area contributed by atoms with Gasteiger partial charge in [0.1, 0.15) is 0 Å². The molecule has 0 spiro atoms. The van der Waals surface area contributed by atoms with E-state index in [1.165, 1.54) is 76.8 Å². The molecule has 11 aromatic rings. The van der Waals surface area contributed by atoms with Gasteiger partial charge in [0.2, 0.25) is 0 Å². The molecule has 0 N–H and O–H groups in total. The molecule has 0 fully saturated rings. The molecule has 0 atom stereocenters. The summed E-state index contributed by atoms with van der Waals surface area (Å²) in [5.74, 6) is 0. The van der Waals surface area contributed by atoms with Crippen LogP contribution in [0.5, 0.6) is 0 Å². The summed E-state index contributed by atoms with van der Waals surface area (Å²) >= 11 is 0. The Kier molecular flexibility index (Phi) is 7.53. The zero-order chi connectivity index (χ0) is 37.0. The molecule has 1 aromatic heterocycles. The Morgan fingerprint density at radius 2 is 0.625 bits per heavy atom. The molecule has 0 aliphatic heterocycles. The average Bonchev–Trinajstić information content (AvgIpc) is 3.27. The summed E-state index contributed by atoms with van der Waals surface area (Å²) in [5, 5.41) is 9.71. The summed E-state index contributed by atoms with van der Waals surface area (Å²) in [6.07, 6.45) is 1.92. The van der Waals surface area contributed by atoms with E-state index in [4.69, 9.17) is 9.97 Å². The van der Waals surface area contributed by atoms with Gasteiger partial charge in [-0.05, 0) is 106 Å². The molecule has 0 aliphatic rings. The molecule has 1 heterocycles. The van der Waals surface area contributed by atoms with E-state index >= 15 is 0 Å². The molecule has 0 unspecified atom stereocenters. The largest absolute Gasteiger partial charge is 0.252 e. The van der Waals surface area contributed by atoms with Crippen LogP contribution in [0.1, 0.15) is 0 Å². The number of rotatable bonds is 5. The minimum absolute atomic E-state index is 0.881. The molecule has 0 saturated carbocycles. The topological polar surface area (TPSA) is 25.8 Å². The first-order valence-electron chi connectivity index (χ1n) is 19.2. The predicted octanol–water partition coefficient (Wildman–Crippen LogP) is 14.6. The zero-order valence-electron chi connectivity index (χ0n) is 30.5. The number of benzene rings is 10. The van der Waals surface area contributed by atoms with Crippen molar-refractivity contribution in [3.8, 4) is 55.8 Å².